The quantitative estimate of drug-likeness (QED) is 0.216. The Morgan fingerprint density at radius 2 is 1.61 bits per heavy atom. The van der Waals surface area contributed by atoms with E-state index < -0.39 is 12.0 Å². The predicted octanol–water partition coefficient (Wildman–Crippen LogP) is 8.73. The first-order chi connectivity index (χ1) is 18.3. The molecule has 0 aliphatic carbocycles. The lowest BCUT2D eigenvalue weighted by molar-refractivity contribution is -0.116. The Labute approximate surface area is 240 Å². The number of halogens is 2. The van der Waals surface area contributed by atoms with Gasteiger partial charge in [-0.3, -0.25) is 4.79 Å². The highest BCUT2D eigenvalue weighted by Gasteiger charge is 2.28. The van der Waals surface area contributed by atoms with Gasteiger partial charge < -0.3 is 15.7 Å². The smallest absolute Gasteiger partial charge is 0.339 e. The normalized spacial score (nSPS) is 13.6. The number of nitrogens with one attached hydrogen (secondary N) is 2. The van der Waals surface area contributed by atoms with Gasteiger partial charge in [-0.2, -0.15) is 0 Å². The van der Waals surface area contributed by atoms with Crippen LogP contribution in [0, 0.1) is 0 Å². The van der Waals surface area contributed by atoms with E-state index >= 15 is 0 Å². The molecule has 0 fully saturated rings. The van der Waals surface area contributed by atoms with E-state index in [1.807, 2.05) is 80.6 Å². The van der Waals surface area contributed by atoms with E-state index in [-0.39, 0.29) is 11.5 Å². The van der Waals surface area contributed by atoms with Crippen molar-refractivity contribution >= 4 is 62.1 Å². The average molecular weight is 612 g/mol. The Morgan fingerprint density at radius 3 is 2.13 bits per heavy atom. The summed E-state index contributed by atoms with van der Waals surface area (Å²) in [4.78, 5) is 25.1. The highest BCUT2D eigenvalue weighted by molar-refractivity contribution is 9.11. The van der Waals surface area contributed by atoms with Gasteiger partial charge in [0.15, 0.2) is 0 Å². The van der Waals surface area contributed by atoms with Crippen LogP contribution in [0.4, 0.5) is 11.4 Å². The minimum atomic E-state index is -1.08. The van der Waals surface area contributed by atoms with E-state index in [9.17, 15) is 14.7 Å². The maximum atomic E-state index is 12.7. The largest absolute Gasteiger partial charge is 0.478 e. The van der Waals surface area contributed by atoms with Crippen molar-refractivity contribution in [2.45, 2.75) is 26.3 Å². The zero-order chi connectivity index (χ0) is 27.5. The van der Waals surface area contributed by atoms with Crippen molar-refractivity contribution < 1.29 is 14.7 Å². The van der Waals surface area contributed by atoms with Gasteiger partial charge in [-0.05, 0) is 47.7 Å². The van der Waals surface area contributed by atoms with Gasteiger partial charge >= 0.3 is 5.97 Å². The number of carbonyl (C=O) groups is 2. The lowest BCUT2D eigenvalue weighted by Gasteiger charge is -2.12. The van der Waals surface area contributed by atoms with Crippen LogP contribution in [0.2, 0.25) is 5.02 Å². The third-order valence-corrected chi connectivity index (χ3v) is 7.26. The topological polar surface area (TPSA) is 78.4 Å². The summed E-state index contributed by atoms with van der Waals surface area (Å²) in [6.07, 6.45) is 2.57. The van der Waals surface area contributed by atoms with Gasteiger partial charge in [-0.1, -0.05) is 100 Å². The van der Waals surface area contributed by atoms with Crippen molar-refractivity contribution in [3.63, 3.8) is 0 Å². The number of carboxylic acid groups (broad SMARTS) is 1. The van der Waals surface area contributed by atoms with Gasteiger partial charge in [0, 0.05) is 22.5 Å². The lowest BCUT2D eigenvalue weighted by atomic mass is 10.1. The van der Waals surface area contributed by atoms with Crippen molar-refractivity contribution in [1.82, 2.24) is 0 Å². The molecular formula is C30H28BrClN2O3S. The Balaban J connectivity index is 0.000000304. The summed E-state index contributed by atoms with van der Waals surface area (Å²) in [6.45, 7) is 3.99. The molecule has 4 aromatic rings. The molecule has 1 aromatic heterocycles. The number of carboxylic acids is 1. The number of allylic oxidation sites excluding steroid dienone is 2. The number of aromatic carboxylic acids is 1. The molecule has 0 saturated heterocycles. The maximum absolute atomic E-state index is 12.7. The second-order valence-electron chi connectivity index (χ2n) is 8.24. The lowest BCUT2D eigenvalue weighted by Crippen LogP contribution is -2.33. The van der Waals surface area contributed by atoms with Crippen LogP contribution in [0.3, 0.4) is 0 Å². The standard InChI is InChI=1S/C20H15ClN2O3S.C6H6.C4H7Br/c21-13-7-5-11(6-8-13)18-17(20(25)26)16(10-27-18)23-19(24)15-9-12-3-1-2-4-14(12)22-15;1-2-4-6-5-3-1;1-3-4(2)5/h1-8,10,15,22H,9H2,(H,23,24)(H,25,26);1-6H;3H,1-2H3/b;;4-3+. The average Bonchev–Trinajstić information content (AvgIpc) is 3.55. The Morgan fingerprint density at radius 1 is 1.03 bits per heavy atom. The van der Waals surface area contributed by atoms with Crippen molar-refractivity contribution in [1.29, 1.82) is 0 Å². The zero-order valence-corrected chi connectivity index (χ0v) is 24.1. The van der Waals surface area contributed by atoms with Crippen LogP contribution < -0.4 is 10.6 Å². The van der Waals surface area contributed by atoms with Crippen LogP contribution in [0.1, 0.15) is 29.8 Å². The number of anilines is 2. The maximum Gasteiger partial charge on any atom is 0.339 e. The molecule has 1 amide bonds. The third-order valence-electron chi connectivity index (χ3n) is 5.52. The number of hydrogen-bond acceptors (Lipinski definition) is 4. The number of fused-ring (bicyclic) bond motifs is 1. The Kier molecular flexibility index (Phi) is 11.1. The van der Waals surface area contributed by atoms with E-state index in [1.54, 1.807) is 29.6 Å². The number of rotatable bonds is 4. The Hall–Kier alpha value is -3.39. The first-order valence-corrected chi connectivity index (χ1v) is 13.9. The summed E-state index contributed by atoms with van der Waals surface area (Å²) >= 11 is 10.4. The number of carbonyl (C=O) groups excluding carboxylic acids is 1. The number of thiophene rings is 1. The molecule has 0 saturated carbocycles. The fourth-order valence-electron chi connectivity index (χ4n) is 3.54. The summed E-state index contributed by atoms with van der Waals surface area (Å²) in [5.74, 6) is -1.34. The molecular weight excluding hydrogens is 584 g/mol. The van der Waals surface area contributed by atoms with E-state index in [0.717, 1.165) is 16.8 Å². The molecule has 8 heteroatoms. The molecule has 38 heavy (non-hydrogen) atoms. The molecule has 1 unspecified atom stereocenters. The Bertz CT molecular complexity index is 1330. The summed E-state index contributed by atoms with van der Waals surface area (Å²) in [7, 11) is 0. The van der Waals surface area contributed by atoms with Crippen LogP contribution in [-0.2, 0) is 11.2 Å². The van der Waals surface area contributed by atoms with E-state index in [4.69, 9.17) is 11.6 Å². The van der Waals surface area contributed by atoms with Gasteiger partial charge in [0.1, 0.15) is 11.6 Å². The van der Waals surface area contributed by atoms with Crippen molar-refractivity contribution in [2.75, 3.05) is 10.6 Å². The number of hydrogen-bond donors (Lipinski definition) is 3. The molecule has 1 aliphatic rings. The fraction of sp³-hybridized carbons (Fsp3) is 0.133. The van der Waals surface area contributed by atoms with Gasteiger partial charge in [-0.15, -0.1) is 11.3 Å². The highest BCUT2D eigenvalue weighted by atomic mass is 79.9. The predicted molar refractivity (Wildman–Crippen MR) is 163 cm³/mol. The molecule has 0 radical (unpaired) electrons. The van der Waals surface area contributed by atoms with Crippen LogP contribution in [0.25, 0.3) is 10.4 Å². The first-order valence-electron chi connectivity index (χ1n) is 11.8. The zero-order valence-electron chi connectivity index (χ0n) is 20.9. The van der Waals surface area contributed by atoms with Gasteiger partial charge in [0.05, 0.1) is 10.6 Å². The summed E-state index contributed by atoms with van der Waals surface area (Å²) in [5, 5.41) is 17.9. The van der Waals surface area contributed by atoms with E-state index in [1.165, 1.54) is 15.8 Å². The monoisotopic (exact) mass is 610 g/mol. The number of amides is 1. The molecule has 3 N–H and O–H groups in total. The minimum Gasteiger partial charge on any atom is -0.478 e. The third kappa shape index (κ3) is 8.31. The van der Waals surface area contributed by atoms with Gasteiger partial charge in [0.25, 0.3) is 0 Å². The second-order valence-corrected chi connectivity index (χ2v) is 10.8. The summed E-state index contributed by atoms with van der Waals surface area (Å²) < 4.78 is 1.19. The summed E-state index contributed by atoms with van der Waals surface area (Å²) in [5.41, 5.74) is 3.15. The van der Waals surface area contributed by atoms with Crippen molar-refractivity contribution in [3.8, 4) is 10.4 Å². The fourth-order valence-corrected chi connectivity index (χ4v) is 4.66. The summed E-state index contributed by atoms with van der Waals surface area (Å²) in [6, 6.07) is 26.3. The van der Waals surface area contributed by atoms with Gasteiger partial charge in [-0.25, -0.2) is 4.79 Å². The van der Waals surface area contributed by atoms with Crippen LogP contribution in [-0.4, -0.2) is 23.0 Å². The van der Waals surface area contributed by atoms with Crippen LogP contribution in [0.5, 0.6) is 0 Å². The van der Waals surface area contributed by atoms with Gasteiger partial charge in [0.2, 0.25) is 5.91 Å². The molecule has 1 aliphatic heterocycles. The number of para-hydroxylation sites is 1. The molecule has 5 rings (SSSR count). The van der Waals surface area contributed by atoms with Crippen LogP contribution in [0.15, 0.2) is 101 Å². The van der Waals surface area contributed by atoms with Crippen molar-refractivity contribution in [2.24, 2.45) is 0 Å². The highest BCUT2D eigenvalue weighted by Crippen LogP contribution is 2.37. The first kappa shape index (κ1) is 29.2. The molecule has 0 bridgehead atoms. The van der Waals surface area contributed by atoms with Crippen molar-refractivity contribution in [3.05, 3.63) is 117 Å². The van der Waals surface area contributed by atoms with Crippen LogP contribution >= 0.6 is 38.9 Å². The molecule has 5 nitrogen and oxygen atoms in total. The second kappa shape index (κ2) is 14.5. The molecule has 0 spiro atoms. The molecule has 3 aromatic carbocycles. The van der Waals surface area contributed by atoms with E-state index in [0.29, 0.717) is 22.0 Å². The molecule has 2 heterocycles. The minimum absolute atomic E-state index is 0.0891. The van der Waals surface area contributed by atoms with E-state index in [2.05, 4.69) is 26.6 Å². The number of benzene rings is 3. The SMILES string of the molecule is C/C=C(\C)Br.O=C(O)c1c(NC(=O)C2Cc3ccccc3N2)csc1-c1ccc(Cl)cc1.c1ccccc1. The molecule has 1 atom stereocenters. The molecule has 196 valence electrons.